The monoisotopic (exact) mass is 137 g/mol. The van der Waals surface area contributed by atoms with Crippen LogP contribution in [0, 0.1) is 0 Å². The van der Waals surface area contributed by atoms with Crippen LogP contribution in [0.15, 0.2) is 12.2 Å². The third kappa shape index (κ3) is 67.4. The Kier molecular flexibility index (Phi) is 74.3. The Balaban J connectivity index is -0.0000000480. The van der Waals surface area contributed by atoms with E-state index in [2.05, 4.69) is 0 Å². The fourth-order valence-corrected chi connectivity index (χ4v) is 0. The van der Waals surface area contributed by atoms with E-state index in [1.165, 1.54) is 0 Å². The van der Waals surface area contributed by atoms with Gasteiger partial charge >= 0.3 is 0 Å². The van der Waals surface area contributed by atoms with Gasteiger partial charge in [-0.2, -0.15) is 0 Å². The van der Waals surface area contributed by atoms with Crippen LogP contribution < -0.4 is 0 Å². The molecule has 0 amide bonds. The first-order chi connectivity index (χ1) is 2.91. The summed E-state index contributed by atoms with van der Waals surface area (Å²) < 4.78 is 0. The molecule has 43 valence electrons. The van der Waals surface area contributed by atoms with Gasteiger partial charge in [-0.25, -0.2) is 0 Å². The molecule has 0 bridgehead atoms. The predicted octanol–water partition coefficient (Wildman–Crippen LogP) is 2.61. The zero-order valence-corrected chi connectivity index (χ0v) is 7.00. The van der Waals surface area contributed by atoms with E-state index >= 15 is 0 Å². The van der Waals surface area contributed by atoms with Crippen molar-refractivity contribution in [1.82, 2.24) is 0 Å². The van der Waals surface area contributed by atoms with Crippen LogP contribution in [0.4, 0.5) is 0 Å². The van der Waals surface area contributed by atoms with Crippen molar-refractivity contribution in [3.63, 3.8) is 0 Å². The molecule has 0 aromatic carbocycles. The first kappa shape index (κ1) is 15.7. The third-order valence-corrected chi connectivity index (χ3v) is 0.333. The molecule has 0 aliphatic heterocycles. The molecule has 0 heterocycles. The van der Waals surface area contributed by atoms with E-state index in [-0.39, 0.29) is 18.6 Å². The molecule has 0 aliphatic rings. The van der Waals surface area contributed by atoms with Gasteiger partial charge in [-0.15, -0.1) is 0 Å². The van der Waals surface area contributed by atoms with E-state index < -0.39 is 0 Å². The maximum atomic E-state index is 2.00. The number of hydrogen-bond acceptors (Lipinski definition) is 0. The third-order valence-electron chi connectivity index (χ3n) is 0.333. The Labute approximate surface area is 58.9 Å². The van der Waals surface area contributed by atoms with Crippen molar-refractivity contribution in [3.8, 4) is 0 Å². The predicted molar refractivity (Wildman–Crippen MR) is 31.8 cm³/mol. The van der Waals surface area contributed by atoms with E-state index in [1.54, 1.807) is 0 Å². The second-order valence-corrected chi connectivity index (χ2v) is 0.667. The molecule has 0 spiro atoms. The molecule has 0 aromatic heterocycles. The van der Waals surface area contributed by atoms with Crippen molar-refractivity contribution in [3.05, 3.63) is 12.2 Å². The van der Waals surface area contributed by atoms with E-state index in [9.17, 15) is 0 Å². The summed E-state index contributed by atoms with van der Waals surface area (Å²) in [6.07, 6.45) is 4.00. The maximum Gasteiger partial charge on any atom is 0 e. The first-order valence-electron chi connectivity index (χ1n) is 2.49. The van der Waals surface area contributed by atoms with Crippen LogP contribution in [0.5, 0.6) is 0 Å². The molecule has 0 unspecified atom stereocenters. The van der Waals surface area contributed by atoms with Crippen molar-refractivity contribution in [2.45, 2.75) is 27.7 Å². The zero-order valence-electron chi connectivity index (χ0n) is 5.60. The Morgan fingerprint density at radius 3 is 1.00 bits per heavy atom. The van der Waals surface area contributed by atoms with Gasteiger partial charge in [-0.05, 0) is 13.8 Å². The summed E-state index contributed by atoms with van der Waals surface area (Å²) in [4.78, 5) is 0. The molecule has 0 N–H and O–H groups in total. The summed E-state index contributed by atoms with van der Waals surface area (Å²) in [6, 6.07) is 0. The smallest absolute Gasteiger partial charge is 0 e. The molecule has 0 atom stereocenters. The molecule has 0 saturated heterocycles. The van der Waals surface area contributed by atoms with Crippen LogP contribution >= 0.6 is 0 Å². The fraction of sp³-hybridized carbons (Fsp3) is 0.667. The second-order valence-electron chi connectivity index (χ2n) is 0.667. The van der Waals surface area contributed by atoms with Crippen molar-refractivity contribution < 1.29 is 18.6 Å². The van der Waals surface area contributed by atoms with Gasteiger partial charge in [0, 0.05) is 18.6 Å². The Morgan fingerprint density at radius 2 is 1.00 bits per heavy atom. The molecular formula is C6H14V. The molecular weight excluding hydrogens is 123 g/mol. The molecule has 0 nitrogen and oxygen atoms in total. The van der Waals surface area contributed by atoms with E-state index in [0.717, 1.165) is 0 Å². The standard InChI is InChI=1S/C4H8.C2H6.V/c1-3-4-2;1-2;/h3-4H,1-2H3;1-2H3;/b4-3-;;. The molecule has 0 aliphatic carbocycles. The summed E-state index contributed by atoms with van der Waals surface area (Å²) in [5.74, 6) is 0. The van der Waals surface area contributed by atoms with Gasteiger partial charge in [-0.1, -0.05) is 26.0 Å². The van der Waals surface area contributed by atoms with Gasteiger partial charge in [0.05, 0.1) is 0 Å². The molecule has 0 aromatic rings. The first-order valence-corrected chi connectivity index (χ1v) is 2.49. The quantitative estimate of drug-likeness (QED) is 0.450. The van der Waals surface area contributed by atoms with Crippen molar-refractivity contribution in [2.24, 2.45) is 0 Å². The van der Waals surface area contributed by atoms with Crippen LogP contribution in [-0.2, 0) is 18.6 Å². The zero-order chi connectivity index (χ0) is 5.41. The van der Waals surface area contributed by atoms with Gasteiger partial charge in [0.15, 0.2) is 0 Å². The molecule has 0 rings (SSSR count). The number of hydrogen-bond donors (Lipinski definition) is 0. The molecule has 7 heavy (non-hydrogen) atoms. The minimum atomic E-state index is 0. The topological polar surface area (TPSA) is 0 Å². The van der Waals surface area contributed by atoms with Gasteiger partial charge in [0.25, 0.3) is 0 Å². The average molecular weight is 137 g/mol. The summed E-state index contributed by atoms with van der Waals surface area (Å²) in [5, 5.41) is 0. The van der Waals surface area contributed by atoms with Crippen LogP contribution in [-0.4, -0.2) is 0 Å². The minimum Gasteiger partial charge on any atom is -0.0919 e. The Morgan fingerprint density at radius 1 is 0.857 bits per heavy atom. The molecule has 0 fully saturated rings. The SMILES string of the molecule is C/C=C\C.CC.[V]. The van der Waals surface area contributed by atoms with Crippen LogP contribution in [0.25, 0.3) is 0 Å². The van der Waals surface area contributed by atoms with Crippen molar-refractivity contribution in [1.29, 1.82) is 0 Å². The normalized spacial score (nSPS) is 6.29. The summed E-state index contributed by atoms with van der Waals surface area (Å²) in [6.45, 7) is 8.00. The summed E-state index contributed by atoms with van der Waals surface area (Å²) >= 11 is 0. The Bertz CT molecular complexity index is 19.4. The Hall–Kier alpha value is 0.324. The van der Waals surface area contributed by atoms with Crippen LogP contribution in [0.1, 0.15) is 27.7 Å². The number of rotatable bonds is 0. The number of allylic oxidation sites excluding steroid dienone is 2. The van der Waals surface area contributed by atoms with Crippen LogP contribution in [0.2, 0.25) is 0 Å². The van der Waals surface area contributed by atoms with Gasteiger partial charge in [-0.3, -0.25) is 0 Å². The van der Waals surface area contributed by atoms with Gasteiger partial charge < -0.3 is 0 Å². The van der Waals surface area contributed by atoms with E-state index in [0.29, 0.717) is 0 Å². The van der Waals surface area contributed by atoms with Crippen molar-refractivity contribution >= 4 is 0 Å². The van der Waals surface area contributed by atoms with Gasteiger partial charge in [0.2, 0.25) is 0 Å². The minimum absolute atomic E-state index is 0. The molecule has 1 radical (unpaired) electrons. The maximum absolute atomic E-state index is 2.00. The molecule has 0 saturated carbocycles. The summed E-state index contributed by atoms with van der Waals surface area (Å²) in [5.41, 5.74) is 0. The van der Waals surface area contributed by atoms with Gasteiger partial charge in [0.1, 0.15) is 0 Å². The second kappa shape index (κ2) is 33.2. The van der Waals surface area contributed by atoms with Crippen LogP contribution in [0.3, 0.4) is 0 Å². The largest absolute Gasteiger partial charge is 0.0919 e. The van der Waals surface area contributed by atoms with E-state index in [4.69, 9.17) is 0 Å². The fourth-order valence-electron chi connectivity index (χ4n) is 0. The molecule has 1 heteroatoms. The van der Waals surface area contributed by atoms with Crippen molar-refractivity contribution in [2.75, 3.05) is 0 Å². The van der Waals surface area contributed by atoms with E-state index in [1.807, 2.05) is 39.8 Å². The average Bonchev–Trinajstić information content (AvgIpc) is 1.72. The summed E-state index contributed by atoms with van der Waals surface area (Å²) in [7, 11) is 0.